The molecule has 0 aromatic carbocycles. The van der Waals surface area contributed by atoms with Gasteiger partial charge in [0.15, 0.2) is 0 Å². The molecule has 0 N–H and O–H groups in total. The van der Waals surface area contributed by atoms with Gasteiger partial charge in [0.2, 0.25) is 0 Å². The third-order valence-electron chi connectivity index (χ3n) is 2.98. The zero-order chi connectivity index (χ0) is 14.1. The van der Waals surface area contributed by atoms with E-state index in [1.165, 1.54) is 31.9 Å². The summed E-state index contributed by atoms with van der Waals surface area (Å²) in [6.45, 7) is 8.36. The molecule has 102 valence electrons. The van der Waals surface area contributed by atoms with Crippen LogP contribution in [-0.2, 0) is 14.4 Å². The van der Waals surface area contributed by atoms with Crippen LogP contribution in [0, 0.1) is 5.92 Å². The predicted octanol–water partition coefficient (Wildman–Crippen LogP) is 2.33. The Kier molecular flexibility index (Phi) is 7.92. The zero-order valence-electron chi connectivity index (χ0n) is 11.7. The number of hydrogen-bond acceptors (Lipinski definition) is 3. The van der Waals surface area contributed by atoms with E-state index < -0.39 is 0 Å². The highest BCUT2D eigenvalue weighted by Gasteiger charge is 2.22. The molecular formula is C14H23NO3. The molecule has 0 unspecified atom stereocenters. The first-order valence-electron chi connectivity index (χ1n) is 6.45. The van der Waals surface area contributed by atoms with Crippen LogP contribution in [0.1, 0.15) is 47.0 Å². The molecule has 4 heteroatoms. The maximum absolute atomic E-state index is 10.9. The number of carbonyl (C=O) groups excluding carboxylic acids is 3. The Morgan fingerprint density at radius 1 is 1.17 bits per heavy atom. The van der Waals surface area contributed by atoms with Crippen molar-refractivity contribution in [3.63, 3.8) is 0 Å². The molecule has 2 amide bonds. The summed E-state index contributed by atoms with van der Waals surface area (Å²) in [5.74, 6) is 0.245. The van der Waals surface area contributed by atoms with Crippen LogP contribution in [-0.4, -0.2) is 29.0 Å². The van der Waals surface area contributed by atoms with Crippen molar-refractivity contribution in [2.45, 2.75) is 47.0 Å². The maximum Gasteiger partial charge on any atom is 0.253 e. The fourth-order valence-electron chi connectivity index (χ4n) is 1.21. The van der Waals surface area contributed by atoms with Gasteiger partial charge in [-0.25, -0.2) is 0 Å². The van der Waals surface area contributed by atoms with Crippen molar-refractivity contribution in [1.29, 1.82) is 0 Å². The van der Waals surface area contributed by atoms with Crippen molar-refractivity contribution >= 4 is 17.6 Å². The SMILES string of the molecule is CC(=O)CCN1C(=O)C=CC1=O.CCC(C)CC. The standard InChI is InChI=1S/C8H9NO3.C6H14/c1-6(10)4-5-9-7(11)2-3-8(9)12;1-4-6(3)5-2/h2-3H,4-5H2,1H3;6H,4-5H2,1-3H3. The van der Waals surface area contributed by atoms with Gasteiger partial charge in [-0.3, -0.25) is 19.3 Å². The first-order valence-corrected chi connectivity index (χ1v) is 6.45. The summed E-state index contributed by atoms with van der Waals surface area (Å²) in [6, 6.07) is 0. The van der Waals surface area contributed by atoms with E-state index in [9.17, 15) is 14.4 Å². The monoisotopic (exact) mass is 253 g/mol. The van der Waals surface area contributed by atoms with Crippen LogP contribution in [0.5, 0.6) is 0 Å². The molecule has 0 spiro atoms. The Hall–Kier alpha value is -1.45. The van der Waals surface area contributed by atoms with Crippen molar-refractivity contribution < 1.29 is 14.4 Å². The lowest BCUT2D eigenvalue weighted by Gasteiger charge is -2.11. The van der Waals surface area contributed by atoms with Crippen LogP contribution in [0.2, 0.25) is 0 Å². The Bertz CT molecular complexity index is 312. The van der Waals surface area contributed by atoms with E-state index in [-0.39, 0.29) is 30.6 Å². The summed E-state index contributed by atoms with van der Waals surface area (Å²) in [5.41, 5.74) is 0. The molecule has 0 atom stereocenters. The lowest BCUT2D eigenvalue weighted by atomic mass is 10.1. The topological polar surface area (TPSA) is 54.5 Å². The summed E-state index contributed by atoms with van der Waals surface area (Å²) < 4.78 is 0. The van der Waals surface area contributed by atoms with Crippen LogP contribution in [0.4, 0.5) is 0 Å². The van der Waals surface area contributed by atoms with Gasteiger partial charge in [0.05, 0.1) is 0 Å². The summed E-state index contributed by atoms with van der Waals surface area (Å²) in [5, 5.41) is 0. The van der Waals surface area contributed by atoms with E-state index in [1.54, 1.807) is 0 Å². The van der Waals surface area contributed by atoms with Gasteiger partial charge >= 0.3 is 0 Å². The van der Waals surface area contributed by atoms with E-state index in [0.717, 1.165) is 10.8 Å². The largest absolute Gasteiger partial charge is 0.300 e. The molecule has 0 bridgehead atoms. The van der Waals surface area contributed by atoms with E-state index >= 15 is 0 Å². The predicted molar refractivity (Wildman–Crippen MR) is 70.9 cm³/mol. The Morgan fingerprint density at radius 2 is 1.61 bits per heavy atom. The molecule has 1 aliphatic rings. The lowest BCUT2D eigenvalue weighted by molar-refractivity contribution is -0.137. The molecule has 0 aromatic rings. The van der Waals surface area contributed by atoms with Gasteiger partial charge in [-0.1, -0.05) is 33.6 Å². The normalized spacial score (nSPS) is 13.9. The molecule has 0 aromatic heterocycles. The average molecular weight is 253 g/mol. The smallest absolute Gasteiger partial charge is 0.253 e. The molecule has 18 heavy (non-hydrogen) atoms. The van der Waals surface area contributed by atoms with E-state index in [0.29, 0.717) is 0 Å². The molecule has 0 aliphatic carbocycles. The molecule has 0 saturated heterocycles. The quantitative estimate of drug-likeness (QED) is 0.707. The molecular weight excluding hydrogens is 230 g/mol. The number of hydrogen-bond donors (Lipinski definition) is 0. The van der Waals surface area contributed by atoms with Crippen LogP contribution in [0.25, 0.3) is 0 Å². The van der Waals surface area contributed by atoms with Gasteiger partial charge in [0.25, 0.3) is 11.8 Å². The zero-order valence-corrected chi connectivity index (χ0v) is 11.7. The van der Waals surface area contributed by atoms with Crippen molar-refractivity contribution in [1.82, 2.24) is 4.90 Å². The number of Topliss-reactive ketones (excluding diaryl/α,β-unsaturated/α-hetero) is 1. The summed E-state index contributed by atoms with van der Waals surface area (Å²) in [7, 11) is 0. The highest BCUT2D eigenvalue weighted by molar-refractivity contribution is 6.13. The molecule has 1 aliphatic heterocycles. The van der Waals surface area contributed by atoms with Crippen molar-refractivity contribution in [3.8, 4) is 0 Å². The van der Waals surface area contributed by atoms with Gasteiger partial charge in [-0.2, -0.15) is 0 Å². The highest BCUT2D eigenvalue weighted by Crippen LogP contribution is 2.04. The van der Waals surface area contributed by atoms with Gasteiger partial charge in [0.1, 0.15) is 5.78 Å². The fourth-order valence-corrected chi connectivity index (χ4v) is 1.21. The lowest BCUT2D eigenvalue weighted by Crippen LogP contribution is -2.31. The Balaban J connectivity index is 0.000000411. The molecule has 0 radical (unpaired) electrons. The Morgan fingerprint density at radius 3 is 1.89 bits per heavy atom. The second kappa shape index (κ2) is 8.61. The molecule has 1 heterocycles. The summed E-state index contributed by atoms with van der Waals surface area (Å²) in [4.78, 5) is 33.4. The van der Waals surface area contributed by atoms with Crippen molar-refractivity contribution in [3.05, 3.63) is 12.2 Å². The van der Waals surface area contributed by atoms with Crippen LogP contribution in [0.15, 0.2) is 12.2 Å². The number of nitrogens with zero attached hydrogens (tertiary/aromatic N) is 1. The van der Waals surface area contributed by atoms with Crippen molar-refractivity contribution in [2.24, 2.45) is 5.92 Å². The third kappa shape index (κ3) is 6.33. The third-order valence-corrected chi connectivity index (χ3v) is 2.98. The minimum Gasteiger partial charge on any atom is -0.300 e. The van der Waals surface area contributed by atoms with E-state index in [2.05, 4.69) is 20.8 Å². The van der Waals surface area contributed by atoms with Gasteiger partial charge in [-0.15, -0.1) is 0 Å². The average Bonchev–Trinajstić information content (AvgIpc) is 2.66. The first kappa shape index (κ1) is 16.6. The molecule has 0 saturated carbocycles. The van der Waals surface area contributed by atoms with E-state index in [4.69, 9.17) is 0 Å². The summed E-state index contributed by atoms with van der Waals surface area (Å²) >= 11 is 0. The number of carbonyl (C=O) groups is 3. The fraction of sp³-hybridized carbons (Fsp3) is 0.643. The van der Waals surface area contributed by atoms with Gasteiger partial charge in [0, 0.05) is 25.1 Å². The molecule has 4 nitrogen and oxygen atoms in total. The number of ketones is 1. The second-order valence-electron chi connectivity index (χ2n) is 4.54. The van der Waals surface area contributed by atoms with Crippen LogP contribution < -0.4 is 0 Å². The van der Waals surface area contributed by atoms with Crippen LogP contribution >= 0.6 is 0 Å². The van der Waals surface area contributed by atoms with E-state index in [1.807, 2.05) is 0 Å². The van der Waals surface area contributed by atoms with Gasteiger partial charge in [-0.05, 0) is 12.8 Å². The number of imide groups is 1. The maximum atomic E-state index is 10.9. The first-order chi connectivity index (χ1) is 8.42. The highest BCUT2D eigenvalue weighted by atomic mass is 16.2. The Labute approximate surface area is 109 Å². The number of amides is 2. The molecule has 1 rings (SSSR count). The van der Waals surface area contributed by atoms with Crippen molar-refractivity contribution in [2.75, 3.05) is 6.54 Å². The summed E-state index contributed by atoms with van der Waals surface area (Å²) in [6.07, 6.45) is 5.32. The molecule has 0 fully saturated rings. The van der Waals surface area contributed by atoms with Crippen LogP contribution in [0.3, 0.4) is 0 Å². The minimum atomic E-state index is -0.332. The number of rotatable bonds is 5. The minimum absolute atomic E-state index is 0.0255. The van der Waals surface area contributed by atoms with Gasteiger partial charge < -0.3 is 0 Å². The second-order valence-corrected chi connectivity index (χ2v) is 4.54.